The lowest BCUT2D eigenvalue weighted by atomic mass is 9.63. The standard InChI is InChI=1S/C10H19N3O/c11-7-2-4(7)5-1-6(9(5)13)10-8(12)3-14-10/h4-10H,1-3,11-13H2. The van der Waals surface area contributed by atoms with Gasteiger partial charge in [0.2, 0.25) is 0 Å². The zero-order valence-corrected chi connectivity index (χ0v) is 8.30. The van der Waals surface area contributed by atoms with Gasteiger partial charge in [0.05, 0.1) is 18.8 Å². The Labute approximate surface area is 84.1 Å². The highest BCUT2D eigenvalue weighted by Crippen LogP contribution is 2.50. The van der Waals surface area contributed by atoms with E-state index < -0.39 is 0 Å². The predicted octanol–water partition coefficient (Wildman–Crippen LogP) is -0.977. The minimum Gasteiger partial charge on any atom is -0.374 e. The highest BCUT2D eigenvalue weighted by Gasteiger charge is 2.55. The SMILES string of the molecule is NC1CC1C1CC(C2OCC2N)C1N. The second-order valence-electron chi connectivity index (χ2n) is 5.17. The Bertz CT molecular complexity index is 248. The van der Waals surface area contributed by atoms with E-state index in [4.69, 9.17) is 21.9 Å². The van der Waals surface area contributed by atoms with E-state index >= 15 is 0 Å². The third-order valence-corrected chi connectivity index (χ3v) is 4.30. The van der Waals surface area contributed by atoms with Crippen LogP contribution in [-0.4, -0.2) is 30.8 Å². The molecule has 0 aromatic rings. The van der Waals surface area contributed by atoms with E-state index in [1.807, 2.05) is 0 Å². The Hall–Kier alpha value is -0.160. The molecule has 2 aliphatic carbocycles. The van der Waals surface area contributed by atoms with Gasteiger partial charge in [-0.2, -0.15) is 0 Å². The summed E-state index contributed by atoms with van der Waals surface area (Å²) in [5, 5.41) is 0. The first kappa shape index (κ1) is 9.09. The van der Waals surface area contributed by atoms with Crippen molar-refractivity contribution in [1.82, 2.24) is 0 Å². The Morgan fingerprint density at radius 2 is 1.57 bits per heavy atom. The van der Waals surface area contributed by atoms with E-state index in [0.717, 1.165) is 0 Å². The van der Waals surface area contributed by atoms with Crippen LogP contribution < -0.4 is 17.2 Å². The summed E-state index contributed by atoms with van der Waals surface area (Å²) in [4.78, 5) is 0. The van der Waals surface area contributed by atoms with Crippen LogP contribution in [0.4, 0.5) is 0 Å². The zero-order chi connectivity index (χ0) is 9.87. The highest BCUT2D eigenvalue weighted by atomic mass is 16.5. The third kappa shape index (κ3) is 1.15. The molecule has 14 heavy (non-hydrogen) atoms. The largest absolute Gasteiger partial charge is 0.374 e. The average Bonchev–Trinajstić information content (AvgIpc) is 2.85. The lowest BCUT2D eigenvalue weighted by Crippen LogP contribution is -2.64. The molecule has 4 nitrogen and oxygen atoms in total. The van der Waals surface area contributed by atoms with Gasteiger partial charge in [-0.25, -0.2) is 0 Å². The van der Waals surface area contributed by atoms with Crippen molar-refractivity contribution >= 4 is 0 Å². The molecule has 0 spiro atoms. The molecule has 7 unspecified atom stereocenters. The molecule has 0 aromatic carbocycles. The molecule has 4 heteroatoms. The van der Waals surface area contributed by atoms with Crippen LogP contribution in [0.15, 0.2) is 0 Å². The van der Waals surface area contributed by atoms with Crippen LogP contribution in [0, 0.1) is 17.8 Å². The fraction of sp³-hybridized carbons (Fsp3) is 1.00. The van der Waals surface area contributed by atoms with Gasteiger partial charge in [-0.15, -0.1) is 0 Å². The fourth-order valence-corrected chi connectivity index (χ4v) is 3.05. The topological polar surface area (TPSA) is 87.3 Å². The first-order chi connectivity index (χ1) is 6.68. The van der Waals surface area contributed by atoms with Crippen molar-refractivity contribution in [2.24, 2.45) is 35.0 Å². The summed E-state index contributed by atoms with van der Waals surface area (Å²) in [6, 6.07) is 0.924. The van der Waals surface area contributed by atoms with Crippen LogP contribution in [0.2, 0.25) is 0 Å². The van der Waals surface area contributed by atoms with Gasteiger partial charge in [0.25, 0.3) is 0 Å². The fourth-order valence-electron chi connectivity index (χ4n) is 3.05. The quantitative estimate of drug-likeness (QED) is 0.531. The summed E-state index contributed by atoms with van der Waals surface area (Å²) in [5.74, 6) is 1.83. The molecule has 80 valence electrons. The first-order valence-corrected chi connectivity index (χ1v) is 5.57. The van der Waals surface area contributed by atoms with Crippen LogP contribution in [0.3, 0.4) is 0 Å². The number of hydrogen-bond donors (Lipinski definition) is 3. The lowest BCUT2D eigenvalue weighted by molar-refractivity contribution is -0.141. The maximum Gasteiger partial charge on any atom is 0.0792 e. The maximum absolute atomic E-state index is 6.15. The molecular weight excluding hydrogens is 178 g/mol. The molecule has 6 N–H and O–H groups in total. The van der Waals surface area contributed by atoms with Gasteiger partial charge >= 0.3 is 0 Å². The normalized spacial score (nSPS) is 61.5. The second kappa shape index (κ2) is 2.92. The number of hydrogen-bond acceptors (Lipinski definition) is 4. The van der Waals surface area contributed by atoms with Gasteiger partial charge in [0.15, 0.2) is 0 Å². The van der Waals surface area contributed by atoms with E-state index in [1.165, 1.54) is 12.8 Å². The Balaban J connectivity index is 1.55. The molecule has 1 saturated heterocycles. The van der Waals surface area contributed by atoms with Crippen LogP contribution in [0.25, 0.3) is 0 Å². The smallest absolute Gasteiger partial charge is 0.0792 e. The van der Waals surface area contributed by atoms with Crippen molar-refractivity contribution in [3.63, 3.8) is 0 Å². The molecule has 0 aromatic heterocycles. The van der Waals surface area contributed by atoms with Gasteiger partial charge in [-0.3, -0.25) is 0 Å². The van der Waals surface area contributed by atoms with Crippen molar-refractivity contribution < 1.29 is 4.74 Å². The molecule has 0 amide bonds. The van der Waals surface area contributed by atoms with Crippen molar-refractivity contribution in [1.29, 1.82) is 0 Å². The van der Waals surface area contributed by atoms with Gasteiger partial charge in [-0.1, -0.05) is 0 Å². The minimum absolute atomic E-state index is 0.222. The number of nitrogens with two attached hydrogens (primary N) is 3. The highest BCUT2D eigenvalue weighted by molar-refractivity contribution is 5.09. The minimum atomic E-state index is 0.222. The summed E-state index contributed by atoms with van der Waals surface area (Å²) in [5.41, 5.74) is 17.8. The van der Waals surface area contributed by atoms with E-state index in [-0.39, 0.29) is 18.2 Å². The molecule has 1 aliphatic heterocycles. The molecule has 2 saturated carbocycles. The van der Waals surface area contributed by atoms with Gasteiger partial charge in [-0.05, 0) is 24.7 Å². The number of rotatable bonds is 2. The molecule has 1 heterocycles. The average molecular weight is 197 g/mol. The molecule has 7 atom stereocenters. The van der Waals surface area contributed by atoms with Crippen LogP contribution in [0.5, 0.6) is 0 Å². The summed E-state index contributed by atoms with van der Waals surface area (Å²) >= 11 is 0. The molecular formula is C10H19N3O. The van der Waals surface area contributed by atoms with Crippen molar-refractivity contribution in [2.75, 3.05) is 6.61 Å². The van der Waals surface area contributed by atoms with E-state index in [1.54, 1.807) is 0 Å². The Morgan fingerprint density at radius 1 is 0.857 bits per heavy atom. The molecule has 3 rings (SSSR count). The molecule has 0 bridgehead atoms. The van der Waals surface area contributed by atoms with Crippen LogP contribution in [-0.2, 0) is 4.74 Å². The van der Waals surface area contributed by atoms with Crippen molar-refractivity contribution in [2.45, 2.75) is 37.1 Å². The van der Waals surface area contributed by atoms with Gasteiger partial charge in [0.1, 0.15) is 0 Å². The summed E-state index contributed by atoms with van der Waals surface area (Å²) < 4.78 is 5.46. The number of ether oxygens (including phenoxy) is 1. The third-order valence-electron chi connectivity index (χ3n) is 4.30. The summed E-state index contributed by atoms with van der Waals surface area (Å²) in [7, 11) is 0. The maximum atomic E-state index is 6.15. The predicted molar refractivity (Wildman–Crippen MR) is 53.4 cm³/mol. The summed E-state index contributed by atoms with van der Waals surface area (Å²) in [6.45, 7) is 0.710. The van der Waals surface area contributed by atoms with Gasteiger partial charge in [0, 0.05) is 18.0 Å². The van der Waals surface area contributed by atoms with Gasteiger partial charge < -0.3 is 21.9 Å². The Kier molecular flexibility index (Phi) is 1.89. The lowest BCUT2D eigenvalue weighted by Gasteiger charge is -2.51. The molecule has 0 radical (unpaired) electrons. The van der Waals surface area contributed by atoms with E-state index in [9.17, 15) is 0 Å². The monoisotopic (exact) mass is 197 g/mol. The van der Waals surface area contributed by atoms with Crippen molar-refractivity contribution in [3.05, 3.63) is 0 Å². The van der Waals surface area contributed by atoms with Crippen LogP contribution >= 0.6 is 0 Å². The zero-order valence-electron chi connectivity index (χ0n) is 8.30. The first-order valence-electron chi connectivity index (χ1n) is 5.57. The molecule has 3 fully saturated rings. The second-order valence-corrected chi connectivity index (χ2v) is 5.17. The Morgan fingerprint density at radius 3 is 1.93 bits per heavy atom. The van der Waals surface area contributed by atoms with E-state index in [2.05, 4.69) is 0 Å². The summed E-state index contributed by atoms with van der Waals surface area (Å²) in [6.07, 6.45) is 2.58. The van der Waals surface area contributed by atoms with Crippen LogP contribution in [0.1, 0.15) is 12.8 Å². The van der Waals surface area contributed by atoms with E-state index in [0.29, 0.717) is 30.4 Å². The van der Waals surface area contributed by atoms with Crippen molar-refractivity contribution in [3.8, 4) is 0 Å². The molecule has 3 aliphatic rings.